The fraction of sp³-hybridized carbons (Fsp3) is 0.808. The summed E-state index contributed by atoms with van der Waals surface area (Å²) in [7, 11) is 0. The lowest BCUT2D eigenvalue weighted by atomic mass is 9.41. The Labute approximate surface area is 202 Å². The Bertz CT molecular complexity index is 867. The van der Waals surface area contributed by atoms with E-state index in [0.29, 0.717) is 12.8 Å². The lowest BCUT2D eigenvalue weighted by molar-refractivity contribution is -0.332. The van der Waals surface area contributed by atoms with Crippen LogP contribution in [0.1, 0.15) is 74.7 Å². The van der Waals surface area contributed by atoms with Crippen LogP contribution in [-0.2, 0) is 33.3 Å². The van der Waals surface area contributed by atoms with E-state index in [-0.39, 0.29) is 6.42 Å². The van der Waals surface area contributed by atoms with E-state index in [1.54, 1.807) is 6.08 Å². The number of esters is 3. The molecule has 192 valence electrons. The second kappa shape index (κ2) is 8.63. The van der Waals surface area contributed by atoms with Crippen LogP contribution in [0.5, 0.6) is 0 Å². The molecule has 34 heavy (non-hydrogen) atoms. The molecule has 2 aliphatic carbocycles. The van der Waals surface area contributed by atoms with Crippen molar-refractivity contribution in [3.05, 3.63) is 12.7 Å². The molecule has 2 saturated carbocycles. The molecule has 1 saturated heterocycles. The van der Waals surface area contributed by atoms with Crippen molar-refractivity contribution in [3.8, 4) is 0 Å². The molecule has 9 atom stereocenters. The van der Waals surface area contributed by atoms with E-state index < -0.39 is 76.2 Å². The number of hydrogen-bond donors (Lipinski definition) is 1. The van der Waals surface area contributed by atoms with Crippen LogP contribution < -0.4 is 0 Å². The minimum atomic E-state index is -0.899. The first-order valence-electron chi connectivity index (χ1n) is 12.0. The van der Waals surface area contributed by atoms with Crippen molar-refractivity contribution in [2.24, 2.45) is 22.7 Å². The van der Waals surface area contributed by atoms with Gasteiger partial charge in [0.2, 0.25) is 0 Å². The highest BCUT2D eigenvalue weighted by Gasteiger charge is 2.73. The molecule has 8 heteroatoms. The van der Waals surface area contributed by atoms with Crippen molar-refractivity contribution in [3.63, 3.8) is 0 Å². The van der Waals surface area contributed by atoms with E-state index in [1.807, 2.05) is 34.6 Å². The molecule has 0 amide bonds. The standard InChI is InChI=1S/C26H40O8/c1-10-24(7)12-17(31-14(2)27)22-25(8,34-24)13-18(32-15(3)28)21-23(5,6)19(30)11-20(26(21,22)9)33-16(4)29/h10,17-22,30H,1,11-13H2,2-9H3. The maximum absolute atomic E-state index is 12.2. The van der Waals surface area contributed by atoms with Gasteiger partial charge in [0.15, 0.2) is 0 Å². The third kappa shape index (κ3) is 4.28. The second-order valence-corrected chi connectivity index (χ2v) is 11.6. The van der Waals surface area contributed by atoms with E-state index in [9.17, 15) is 19.5 Å². The maximum atomic E-state index is 12.2. The predicted octanol–water partition coefficient (Wildman–Crippen LogP) is 3.34. The topological polar surface area (TPSA) is 108 Å². The lowest BCUT2D eigenvalue weighted by Crippen LogP contribution is -2.75. The number of fused-ring (bicyclic) bond motifs is 3. The van der Waals surface area contributed by atoms with Crippen molar-refractivity contribution >= 4 is 17.9 Å². The van der Waals surface area contributed by atoms with Crippen LogP contribution in [0, 0.1) is 22.7 Å². The normalized spacial score (nSPS) is 45.2. The highest BCUT2D eigenvalue weighted by molar-refractivity contribution is 5.67. The zero-order chi connectivity index (χ0) is 25.9. The Hall–Kier alpha value is -1.93. The fourth-order valence-corrected chi connectivity index (χ4v) is 7.68. The van der Waals surface area contributed by atoms with Crippen LogP contribution in [-0.4, -0.2) is 58.6 Å². The summed E-state index contributed by atoms with van der Waals surface area (Å²) in [6.07, 6.45) is -0.0363. The van der Waals surface area contributed by atoms with Crippen LogP contribution in [0.15, 0.2) is 12.7 Å². The first-order chi connectivity index (χ1) is 15.5. The van der Waals surface area contributed by atoms with Crippen molar-refractivity contribution in [2.75, 3.05) is 0 Å². The van der Waals surface area contributed by atoms with Crippen LogP contribution in [0.3, 0.4) is 0 Å². The van der Waals surface area contributed by atoms with Crippen molar-refractivity contribution < 1.29 is 38.4 Å². The molecular weight excluding hydrogens is 440 g/mol. The summed E-state index contributed by atoms with van der Waals surface area (Å²) >= 11 is 0. The number of ether oxygens (including phenoxy) is 4. The molecule has 9 unspecified atom stereocenters. The van der Waals surface area contributed by atoms with Gasteiger partial charge in [-0.1, -0.05) is 26.8 Å². The molecule has 8 nitrogen and oxygen atoms in total. The zero-order valence-corrected chi connectivity index (χ0v) is 21.7. The molecule has 0 aromatic heterocycles. The molecule has 1 heterocycles. The molecule has 0 aromatic rings. The Morgan fingerprint density at radius 2 is 1.38 bits per heavy atom. The van der Waals surface area contributed by atoms with Gasteiger partial charge < -0.3 is 24.1 Å². The van der Waals surface area contributed by atoms with Gasteiger partial charge in [-0.3, -0.25) is 14.4 Å². The van der Waals surface area contributed by atoms with Crippen molar-refractivity contribution in [1.82, 2.24) is 0 Å². The van der Waals surface area contributed by atoms with E-state index >= 15 is 0 Å². The summed E-state index contributed by atoms with van der Waals surface area (Å²) in [5.74, 6) is -2.12. The summed E-state index contributed by atoms with van der Waals surface area (Å²) in [4.78, 5) is 36.6. The van der Waals surface area contributed by atoms with Crippen LogP contribution in [0.4, 0.5) is 0 Å². The zero-order valence-electron chi connectivity index (χ0n) is 21.7. The monoisotopic (exact) mass is 480 g/mol. The number of carbonyl (C=O) groups excluding carboxylic acids is 3. The molecule has 1 N–H and O–H groups in total. The summed E-state index contributed by atoms with van der Waals surface area (Å²) in [5, 5.41) is 11.2. The minimum Gasteiger partial charge on any atom is -0.462 e. The summed E-state index contributed by atoms with van der Waals surface area (Å²) < 4.78 is 24.4. The van der Waals surface area contributed by atoms with E-state index in [0.717, 1.165) is 0 Å². The largest absolute Gasteiger partial charge is 0.462 e. The van der Waals surface area contributed by atoms with E-state index in [4.69, 9.17) is 18.9 Å². The van der Waals surface area contributed by atoms with E-state index in [1.165, 1.54) is 20.8 Å². The Morgan fingerprint density at radius 3 is 1.85 bits per heavy atom. The van der Waals surface area contributed by atoms with E-state index in [2.05, 4.69) is 6.58 Å². The number of aliphatic hydroxyl groups is 1. The molecule has 0 radical (unpaired) electrons. The van der Waals surface area contributed by atoms with Gasteiger partial charge in [0, 0.05) is 57.3 Å². The predicted molar refractivity (Wildman–Crippen MR) is 123 cm³/mol. The average Bonchev–Trinajstić information content (AvgIpc) is 2.63. The molecule has 0 aromatic carbocycles. The number of carbonyl (C=O) groups is 3. The third-order valence-electron chi connectivity index (χ3n) is 8.59. The first-order valence-corrected chi connectivity index (χ1v) is 12.0. The average molecular weight is 481 g/mol. The Kier molecular flexibility index (Phi) is 6.77. The minimum absolute atomic E-state index is 0.213. The van der Waals surface area contributed by atoms with Crippen LogP contribution >= 0.6 is 0 Å². The Morgan fingerprint density at radius 1 is 0.882 bits per heavy atom. The number of aliphatic hydroxyl groups excluding tert-OH is 1. The number of rotatable bonds is 4. The lowest BCUT2D eigenvalue weighted by Gasteiger charge is -2.69. The van der Waals surface area contributed by atoms with Gasteiger partial charge >= 0.3 is 17.9 Å². The molecule has 3 aliphatic rings. The quantitative estimate of drug-likeness (QED) is 0.371. The summed E-state index contributed by atoms with van der Waals surface area (Å²) in [5.41, 5.74) is -3.21. The fourth-order valence-electron chi connectivity index (χ4n) is 7.68. The summed E-state index contributed by atoms with van der Waals surface area (Å²) in [6.45, 7) is 17.7. The van der Waals surface area contributed by atoms with Crippen molar-refractivity contribution in [2.45, 2.75) is 110 Å². The second-order valence-electron chi connectivity index (χ2n) is 11.6. The van der Waals surface area contributed by atoms with Gasteiger partial charge in [0.25, 0.3) is 0 Å². The van der Waals surface area contributed by atoms with Gasteiger partial charge in [0.1, 0.15) is 18.3 Å². The van der Waals surface area contributed by atoms with Crippen molar-refractivity contribution in [1.29, 1.82) is 0 Å². The smallest absolute Gasteiger partial charge is 0.302 e. The molecule has 0 bridgehead atoms. The first kappa shape index (κ1) is 26.7. The Balaban J connectivity index is 2.28. The van der Waals surface area contributed by atoms with Gasteiger partial charge in [-0.25, -0.2) is 0 Å². The highest BCUT2D eigenvalue weighted by Crippen LogP contribution is 2.67. The third-order valence-corrected chi connectivity index (χ3v) is 8.59. The van der Waals surface area contributed by atoms with Gasteiger partial charge in [0.05, 0.1) is 17.3 Å². The number of hydrogen-bond acceptors (Lipinski definition) is 8. The van der Waals surface area contributed by atoms with Gasteiger partial charge in [-0.15, -0.1) is 6.58 Å². The molecular formula is C26H40O8. The molecule has 3 rings (SSSR count). The molecule has 0 spiro atoms. The molecule has 3 fully saturated rings. The summed E-state index contributed by atoms with van der Waals surface area (Å²) in [6, 6.07) is 0. The van der Waals surface area contributed by atoms with Crippen LogP contribution in [0.25, 0.3) is 0 Å². The highest BCUT2D eigenvalue weighted by atomic mass is 16.6. The van der Waals surface area contributed by atoms with Crippen LogP contribution in [0.2, 0.25) is 0 Å². The maximum Gasteiger partial charge on any atom is 0.302 e. The van der Waals surface area contributed by atoms with Gasteiger partial charge in [-0.05, 0) is 19.3 Å². The molecule has 1 aliphatic heterocycles. The SMILES string of the molecule is C=CC1(C)CC(OC(C)=O)C2C(C)(CC(OC(C)=O)C3C(C)(C)C(O)CC(OC(C)=O)C23C)O1. The van der Waals surface area contributed by atoms with Gasteiger partial charge in [-0.2, -0.15) is 0 Å².